The Bertz CT molecular complexity index is 1190. The van der Waals surface area contributed by atoms with Gasteiger partial charge in [-0.15, -0.1) is 0 Å². The molecule has 0 saturated carbocycles. The van der Waals surface area contributed by atoms with Crippen LogP contribution in [-0.2, 0) is 0 Å². The highest BCUT2D eigenvalue weighted by Crippen LogP contribution is 2.42. The molecule has 228 valence electrons. The standard InChI is InChI=1S/C40H56O2/c1-29(17-13-19-31(3)21-23-37-33(5)25-35(41)27-39(37,7)8)15-11-12-16-30(2)18-14-20-32(4)22-24-38-34(6)26-36(42)28-40(38,9)10/h11-24,35-36,41-42H,25-28H2,1-10H3/t35-,36-/m0/s1. The second kappa shape index (κ2) is 16.1. The molecule has 0 aliphatic heterocycles. The van der Waals surface area contributed by atoms with Gasteiger partial charge in [0.05, 0.1) is 12.2 Å². The van der Waals surface area contributed by atoms with Crippen LogP contribution in [0.5, 0.6) is 0 Å². The van der Waals surface area contributed by atoms with Crippen LogP contribution in [0.3, 0.4) is 0 Å². The van der Waals surface area contributed by atoms with Crippen LogP contribution in [0.15, 0.2) is 130 Å². The lowest BCUT2D eigenvalue weighted by Gasteiger charge is -2.35. The van der Waals surface area contributed by atoms with Gasteiger partial charge in [0.25, 0.3) is 0 Å². The van der Waals surface area contributed by atoms with Crippen LogP contribution in [0, 0.1) is 10.8 Å². The number of hydrogen-bond acceptors (Lipinski definition) is 2. The number of allylic oxidation sites excluding steroid dienone is 20. The quantitative estimate of drug-likeness (QED) is 0.257. The Kier molecular flexibility index (Phi) is 13.5. The summed E-state index contributed by atoms with van der Waals surface area (Å²) in [5, 5.41) is 20.2. The first-order valence-electron chi connectivity index (χ1n) is 15.5. The third-order valence-electron chi connectivity index (χ3n) is 8.24. The fraction of sp³-hybridized carbons (Fsp3) is 0.450. The van der Waals surface area contributed by atoms with Crippen LogP contribution in [0.4, 0.5) is 0 Å². The Hall–Kier alpha value is -2.94. The minimum absolute atomic E-state index is 0.00547. The number of hydrogen-bond donors (Lipinski definition) is 2. The molecule has 0 bridgehead atoms. The smallest absolute Gasteiger partial charge is 0.0585 e. The summed E-state index contributed by atoms with van der Waals surface area (Å²) in [6.07, 6.45) is 32.6. The Labute approximate surface area is 257 Å². The van der Waals surface area contributed by atoms with Crippen molar-refractivity contribution in [3.05, 3.63) is 130 Å². The molecule has 2 nitrogen and oxygen atoms in total. The van der Waals surface area contributed by atoms with Gasteiger partial charge in [-0.05, 0) is 89.2 Å². The minimum Gasteiger partial charge on any atom is -0.393 e. The second-order valence-electron chi connectivity index (χ2n) is 13.7. The summed E-state index contributed by atoms with van der Waals surface area (Å²) in [5.74, 6) is 0. The largest absolute Gasteiger partial charge is 0.393 e. The van der Waals surface area contributed by atoms with Gasteiger partial charge in [0.2, 0.25) is 0 Å². The SMILES string of the molecule is CC(C=CC=C(C)C=CC1=C(C)C[C@H](O)CC1(C)C)=CC=CC=C(C)C=CC=C(C)C=CC1=C(C)C[C@H](O)CC1(C)C. The third kappa shape index (κ3) is 11.7. The monoisotopic (exact) mass is 568 g/mol. The van der Waals surface area contributed by atoms with E-state index in [1.54, 1.807) is 0 Å². The van der Waals surface area contributed by atoms with Crippen LogP contribution in [0.2, 0.25) is 0 Å². The van der Waals surface area contributed by atoms with Crippen molar-refractivity contribution in [3.8, 4) is 0 Å². The van der Waals surface area contributed by atoms with Gasteiger partial charge in [-0.1, -0.05) is 146 Å². The lowest BCUT2D eigenvalue weighted by molar-refractivity contribution is 0.116. The fourth-order valence-electron chi connectivity index (χ4n) is 6.13. The first-order chi connectivity index (χ1) is 19.6. The van der Waals surface area contributed by atoms with Crippen LogP contribution < -0.4 is 0 Å². The Morgan fingerprint density at radius 1 is 0.548 bits per heavy atom. The molecule has 0 heterocycles. The molecule has 0 aromatic carbocycles. The zero-order valence-corrected chi connectivity index (χ0v) is 28.0. The van der Waals surface area contributed by atoms with E-state index in [4.69, 9.17) is 0 Å². The average Bonchev–Trinajstić information content (AvgIpc) is 2.84. The van der Waals surface area contributed by atoms with E-state index >= 15 is 0 Å². The van der Waals surface area contributed by atoms with Gasteiger partial charge in [-0.2, -0.15) is 0 Å². The van der Waals surface area contributed by atoms with Crippen LogP contribution in [0.25, 0.3) is 0 Å². The molecule has 2 heteroatoms. The van der Waals surface area contributed by atoms with Gasteiger partial charge in [0.15, 0.2) is 0 Å². The summed E-state index contributed by atoms with van der Waals surface area (Å²) in [6.45, 7) is 21.6. The highest BCUT2D eigenvalue weighted by Gasteiger charge is 2.32. The molecule has 2 aliphatic rings. The normalized spacial score (nSPS) is 25.0. The van der Waals surface area contributed by atoms with E-state index in [1.165, 1.54) is 44.6 Å². The van der Waals surface area contributed by atoms with Gasteiger partial charge in [0.1, 0.15) is 0 Å². The van der Waals surface area contributed by atoms with E-state index in [0.717, 1.165) is 25.7 Å². The first kappa shape index (κ1) is 35.3. The van der Waals surface area contributed by atoms with Crippen molar-refractivity contribution in [2.24, 2.45) is 10.8 Å². The molecule has 42 heavy (non-hydrogen) atoms. The molecule has 0 saturated heterocycles. The maximum Gasteiger partial charge on any atom is 0.0585 e. The predicted molar refractivity (Wildman–Crippen MR) is 184 cm³/mol. The van der Waals surface area contributed by atoms with E-state index in [-0.39, 0.29) is 23.0 Å². The molecule has 0 aromatic rings. The van der Waals surface area contributed by atoms with Crippen molar-refractivity contribution in [3.63, 3.8) is 0 Å². The zero-order valence-electron chi connectivity index (χ0n) is 28.0. The lowest BCUT2D eigenvalue weighted by Crippen LogP contribution is -2.28. The van der Waals surface area contributed by atoms with Crippen LogP contribution in [-0.4, -0.2) is 22.4 Å². The summed E-state index contributed by atoms with van der Waals surface area (Å²) in [5.41, 5.74) is 10.1. The molecule has 2 atom stereocenters. The molecule has 0 radical (unpaired) electrons. The average molecular weight is 569 g/mol. The zero-order chi connectivity index (χ0) is 31.5. The van der Waals surface area contributed by atoms with E-state index in [0.29, 0.717) is 0 Å². The van der Waals surface area contributed by atoms with E-state index in [1.807, 2.05) is 0 Å². The van der Waals surface area contributed by atoms with E-state index in [2.05, 4.69) is 154 Å². The van der Waals surface area contributed by atoms with Crippen molar-refractivity contribution in [1.29, 1.82) is 0 Å². The van der Waals surface area contributed by atoms with Crippen molar-refractivity contribution in [1.82, 2.24) is 0 Å². The van der Waals surface area contributed by atoms with Crippen LogP contribution in [0.1, 0.15) is 94.9 Å². The van der Waals surface area contributed by atoms with E-state index in [9.17, 15) is 10.2 Å². The van der Waals surface area contributed by atoms with E-state index < -0.39 is 0 Å². The maximum atomic E-state index is 10.1. The Morgan fingerprint density at radius 3 is 1.19 bits per heavy atom. The number of aliphatic hydroxyl groups is 2. The summed E-state index contributed by atoms with van der Waals surface area (Å²) in [6, 6.07) is 0. The molecular weight excluding hydrogens is 512 g/mol. The molecule has 0 fully saturated rings. The molecule has 2 rings (SSSR count). The van der Waals surface area contributed by atoms with Gasteiger partial charge >= 0.3 is 0 Å². The molecule has 0 unspecified atom stereocenters. The Balaban J connectivity index is 1.90. The van der Waals surface area contributed by atoms with Gasteiger partial charge in [-0.25, -0.2) is 0 Å². The third-order valence-corrected chi connectivity index (χ3v) is 8.24. The van der Waals surface area contributed by atoms with Gasteiger partial charge in [0, 0.05) is 0 Å². The topological polar surface area (TPSA) is 40.5 Å². The number of aliphatic hydroxyl groups excluding tert-OH is 2. The Morgan fingerprint density at radius 2 is 0.857 bits per heavy atom. The molecular formula is C40H56O2. The van der Waals surface area contributed by atoms with Gasteiger partial charge < -0.3 is 10.2 Å². The fourth-order valence-corrected chi connectivity index (χ4v) is 6.13. The van der Waals surface area contributed by atoms with Crippen molar-refractivity contribution >= 4 is 0 Å². The van der Waals surface area contributed by atoms with Crippen molar-refractivity contribution < 1.29 is 10.2 Å². The van der Waals surface area contributed by atoms with Crippen molar-refractivity contribution in [2.45, 2.75) is 107 Å². The molecule has 0 spiro atoms. The molecule has 0 aromatic heterocycles. The second-order valence-corrected chi connectivity index (χ2v) is 13.7. The lowest BCUT2D eigenvalue weighted by atomic mass is 9.71. The van der Waals surface area contributed by atoms with Crippen LogP contribution >= 0.6 is 0 Å². The van der Waals surface area contributed by atoms with Gasteiger partial charge in [-0.3, -0.25) is 0 Å². The predicted octanol–water partition coefficient (Wildman–Crippen LogP) is 10.5. The molecule has 2 N–H and O–H groups in total. The number of rotatable bonds is 10. The maximum absolute atomic E-state index is 10.1. The summed E-state index contributed by atoms with van der Waals surface area (Å²) >= 11 is 0. The molecule has 2 aliphatic carbocycles. The van der Waals surface area contributed by atoms with Crippen molar-refractivity contribution in [2.75, 3.05) is 0 Å². The summed E-state index contributed by atoms with van der Waals surface area (Å²) in [4.78, 5) is 0. The minimum atomic E-state index is -0.227. The summed E-state index contributed by atoms with van der Waals surface area (Å²) in [7, 11) is 0. The highest BCUT2D eigenvalue weighted by molar-refractivity contribution is 5.39. The molecule has 0 amide bonds. The summed E-state index contributed by atoms with van der Waals surface area (Å²) < 4.78 is 0. The highest BCUT2D eigenvalue weighted by atomic mass is 16.3. The first-order valence-corrected chi connectivity index (χ1v) is 15.5.